The van der Waals surface area contributed by atoms with E-state index in [0.29, 0.717) is 25.3 Å². The molecule has 0 aromatic heterocycles. The van der Waals surface area contributed by atoms with Crippen molar-refractivity contribution in [1.29, 1.82) is 0 Å². The Bertz CT molecular complexity index is 906. The molecule has 2 aliphatic heterocycles. The van der Waals surface area contributed by atoms with E-state index in [0.717, 1.165) is 29.9 Å². The fourth-order valence-corrected chi connectivity index (χ4v) is 4.12. The molecule has 0 bridgehead atoms. The normalized spacial score (nSPS) is 17.8. The number of rotatable bonds is 5. The van der Waals surface area contributed by atoms with Gasteiger partial charge in [0.25, 0.3) is 0 Å². The van der Waals surface area contributed by atoms with E-state index in [1.54, 1.807) is 32.0 Å². The monoisotopic (exact) mass is 399 g/mol. The zero-order valence-electron chi connectivity index (χ0n) is 16.8. The molecule has 1 fully saturated rings. The van der Waals surface area contributed by atoms with Gasteiger partial charge in [0.15, 0.2) is 11.5 Å². The molecule has 2 aromatic carbocycles. The smallest absolute Gasteiger partial charge is 0.231 e. The van der Waals surface area contributed by atoms with Crippen LogP contribution in [0.15, 0.2) is 42.5 Å². The predicted octanol–water partition coefficient (Wildman–Crippen LogP) is 3.70. The summed E-state index contributed by atoms with van der Waals surface area (Å²) in [6, 6.07) is 12.4. The maximum absolute atomic E-state index is 14.3. The molecule has 5 nitrogen and oxygen atoms in total. The number of nitrogens with one attached hydrogen (secondary N) is 1. The van der Waals surface area contributed by atoms with Crippen LogP contribution >= 0.6 is 0 Å². The molecular weight excluding hydrogens is 373 g/mol. The standard InChI is InChI=1S/C23H26FNO4/c1-22(2,17-5-3-4-6-18(17)24)21(26)25-14-23(9-11-27-12-10-23)16-7-8-19-20(13-16)29-15-28-19/h3-8,13H,9-12,14-15H2,1-2H3,(H,25,26). The van der Waals surface area contributed by atoms with Crippen molar-refractivity contribution in [2.24, 2.45) is 0 Å². The molecular formula is C23H26FNO4. The summed E-state index contributed by atoms with van der Waals surface area (Å²) in [5, 5.41) is 3.09. The number of halogens is 1. The highest BCUT2D eigenvalue weighted by Gasteiger charge is 2.38. The minimum Gasteiger partial charge on any atom is -0.454 e. The fraction of sp³-hybridized carbons (Fsp3) is 0.435. The second-order valence-electron chi connectivity index (χ2n) is 8.25. The first-order valence-corrected chi connectivity index (χ1v) is 9.94. The molecule has 0 atom stereocenters. The molecule has 2 aliphatic rings. The van der Waals surface area contributed by atoms with Crippen molar-refractivity contribution in [1.82, 2.24) is 5.32 Å². The van der Waals surface area contributed by atoms with Crippen LogP contribution in [0.2, 0.25) is 0 Å². The number of ether oxygens (including phenoxy) is 3. The average Bonchev–Trinajstić information content (AvgIpc) is 3.21. The topological polar surface area (TPSA) is 56.8 Å². The van der Waals surface area contributed by atoms with Crippen molar-refractivity contribution in [3.63, 3.8) is 0 Å². The van der Waals surface area contributed by atoms with Gasteiger partial charge in [-0.1, -0.05) is 24.3 Å². The lowest BCUT2D eigenvalue weighted by atomic mass is 9.73. The first-order chi connectivity index (χ1) is 13.9. The first-order valence-electron chi connectivity index (χ1n) is 9.94. The number of hydrogen-bond acceptors (Lipinski definition) is 4. The Hall–Kier alpha value is -2.60. The quantitative estimate of drug-likeness (QED) is 0.833. The van der Waals surface area contributed by atoms with E-state index < -0.39 is 5.41 Å². The van der Waals surface area contributed by atoms with Crippen LogP contribution < -0.4 is 14.8 Å². The minimum absolute atomic E-state index is 0.200. The average molecular weight is 399 g/mol. The second-order valence-corrected chi connectivity index (χ2v) is 8.25. The van der Waals surface area contributed by atoms with Gasteiger partial charge in [0.05, 0.1) is 5.41 Å². The van der Waals surface area contributed by atoms with Crippen molar-refractivity contribution in [2.75, 3.05) is 26.6 Å². The van der Waals surface area contributed by atoms with Crippen LogP contribution in [-0.2, 0) is 20.4 Å². The molecule has 0 saturated carbocycles. The van der Waals surface area contributed by atoms with Crippen LogP contribution in [0.25, 0.3) is 0 Å². The molecule has 0 spiro atoms. The maximum Gasteiger partial charge on any atom is 0.231 e. The summed E-state index contributed by atoms with van der Waals surface area (Å²) in [7, 11) is 0. The molecule has 1 N–H and O–H groups in total. The molecule has 1 amide bonds. The largest absolute Gasteiger partial charge is 0.454 e. The zero-order chi connectivity index (χ0) is 20.5. The van der Waals surface area contributed by atoms with Gasteiger partial charge < -0.3 is 19.5 Å². The van der Waals surface area contributed by atoms with Gasteiger partial charge in [-0.05, 0) is 50.5 Å². The van der Waals surface area contributed by atoms with E-state index in [-0.39, 0.29) is 23.9 Å². The van der Waals surface area contributed by atoms with Gasteiger partial charge in [-0.15, -0.1) is 0 Å². The van der Waals surface area contributed by atoms with E-state index in [2.05, 4.69) is 5.32 Å². The Balaban J connectivity index is 1.56. The Morgan fingerprint density at radius 1 is 1.10 bits per heavy atom. The van der Waals surface area contributed by atoms with Crippen molar-refractivity contribution in [2.45, 2.75) is 37.5 Å². The molecule has 4 rings (SSSR count). The lowest BCUT2D eigenvalue weighted by molar-refractivity contribution is -0.126. The number of fused-ring (bicyclic) bond motifs is 1. The molecule has 0 radical (unpaired) electrons. The molecule has 0 aliphatic carbocycles. The highest BCUT2D eigenvalue weighted by atomic mass is 19.1. The molecule has 1 saturated heterocycles. The first kappa shape index (κ1) is 19.7. The Morgan fingerprint density at radius 2 is 1.83 bits per heavy atom. The third-order valence-corrected chi connectivity index (χ3v) is 6.14. The summed E-state index contributed by atoms with van der Waals surface area (Å²) in [5.41, 5.74) is 0.239. The number of amides is 1. The SMILES string of the molecule is CC(C)(C(=O)NCC1(c2ccc3c(c2)OCO3)CCOCC1)c1ccccc1F. The Kier molecular flexibility index (Phi) is 5.21. The number of carbonyl (C=O) groups is 1. The van der Waals surface area contributed by atoms with Crippen LogP contribution in [0.4, 0.5) is 4.39 Å². The lowest BCUT2D eigenvalue weighted by Gasteiger charge is -2.39. The zero-order valence-corrected chi connectivity index (χ0v) is 16.8. The summed E-state index contributed by atoms with van der Waals surface area (Å²) >= 11 is 0. The van der Waals surface area contributed by atoms with Crippen molar-refractivity contribution >= 4 is 5.91 Å². The van der Waals surface area contributed by atoms with E-state index in [1.807, 2.05) is 18.2 Å². The van der Waals surface area contributed by atoms with Gasteiger partial charge in [-0.2, -0.15) is 0 Å². The highest BCUT2D eigenvalue weighted by molar-refractivity contribution is 5.87. The molecule has 29 heavy (non-hydrogen) atoms. The number of hydrogen-bond donors (Lipinski definition) is 1. The van der Waals surface area contributed by atoms with E-state index in [4.69, 9.17) is 14.2 Å². The summed E-state index contributed by atoms with van der Waals surface area (Å²) in [5.74, 6) is 0.894. The van der Waals surface area contributed by atoms with Gasteiger partial charge in [0.2, 0.25) is 12.7 Å². The molecule has 2 heterocycles. The predicted molar refractivity (Wildman–Crippen MR) is 107 cm³/mol. The van der Waals surface area contributed by atoms with E-state index in [9.17, 15) is 9.18 Å². The van der Waals surface area contributed by atoms with Crippen LogP contribution in [0.3, 0.4) is 0 Å². The third kappa shape index (κ3) is 3.69. The van der Waals surface area contributed by atoms with Crippen LogP contribution in [-0.4, -0.2) is 32.5 Å². The second kappa shape index (κ2) is 7.67. The molecule has 154 valence electrons. The summed E-state index contributed by atoms with van der Waals surface area (Å²) in [6.45, 7) is 5.42. The highest BCUT2D eigenvalue weighted by Crippen LogP contribution is 2.40. The van der Waals surface area contributed by atoms with Crippen molar-refractivity contribution < 1.29 is 23.4 Å². The summed E-state index contributed by atoms with van der Waals surface area (Å²) in [6.07, 6.45) is 1.57. The fourth-order valence-electron chi connectivity index (χ4n) is 4.12. The number of benzene rings is 2. The molecule has 0 unspecified atom stereocenters. The minimum atomic E-state index is -0.980. The van der Waals surface area contributed by atoms with E-state index >= 15 is 0 Å². The summed E-state index contributed by atoms with van der Waals surface area (Å²) in [4.78, 5) is 13.1. The van der Waals surface area contributed by atoms with Gasteiger partial charge in [-0.25, -0.2) is 4.39 Å². The third-order valence-electron chi connectivity index (χ3n) is 6.14. The maximum atomic E-state index is 14.3. The van der Waals surface area contributed by atoms with Crippen molar-refractivity contribution in [3.8, 4) is 11.5 Å². The van der Waals surface area contributed by atoms with Gasteiger partial charge >= 0.3 is 0 Å². The number of carbonyl (C=O) groups excluding carboxylic acids is 1. The molecule has 2 aromatic rings. The van der Waals surface area contributed by atoms with Gasteiger partial charge in [0.1, 0.15) is 5.82 Å². The van der Waals surface area contributed by atoms with Crippen molar-refractivity contribution in [3.05, 3.63) is 59.4 Å². The van der Waals surface area contributed by atoms with Crippen LogP contribution in [0.5, 0.6) is 11.5 Å². The van der Waals surface area contributed by atoms with Crippen LogP contribution in [0.1, 0.15) is 37.8 Å². The van der Waals surface area contributed by atoms with Gasteiger partial charge in [-0.3, -0.25) is 4.79 Å². The Morgan fingerprint density at radius 3 is 2.59 bits per heavy atom. The van der Waals surface area contributed by atoms with E-state index in [1.165, 1.54) is 6.07 Å². The van der Waals surface area contributed by atoms with Gasteiger partial charge in [0, 0.05) is 30.7 Å². The lowest BCUT2D eigenvalue weighted by Crippen LogP contribution is -2.49. The Labute approximate surface area is 170 Å². The molecule has 6 heteroatoms. The van der Waals surface area contributed by atoms with Crippen LogP contribution in [0, 0.1) is 5.82 Å². The summed E-state index contributed by atoms with van der Waals surface area (Å²) < 4.78 is 30.8.